The molecule has 174 valence electrons. The van der Waals surface area contributed by atoms with E-state index in [0.29, 0.717) is 23.4 Å². The van der Waals surface area contributed by atoms with E-state index in [-0.39, 0.29) is 11.1 Å². The van der Waals surface area contributed by atoms with Crippen molar-refractivity contribution in [3.05, 3.63) is 59.3 Å². The first kappa shape index (κ1) is 22.3. The molecular formula is C24H26N8OS. The number of hydrogen-bond acceptors (Lipinski definition) is 9. The lowest BCUT2D eigenvalue weighted by Crippen LogP contribution is -2.38. The molecule has 1 spiro atoms. The van der Waals surface area contributed by atoms with Crippen LogP contribution in [0.5, 0.6) is 0 Å². The summed E-state index contributed by atoms with van der Waals surface area (Å²) in [6.07, 6.45) is 8.00. The van der Waals surface area contributed by atoms with Gasteiger partial charge in [-0.1, -0.05) is 12.1 Å². The molecule has 0 atom stereocenters. The van der Waals surface area contributed by atoms with Crippen molar-refractivity contribution in [2.45, 2.75) is 24.8 Å². The Hall–Kier alpha value is -3.55. The van der Waals surface area contributed by atoms with Crippen molar-refractivity contribution in [1.82, 2.24) is 19.9 Å². The summed E-state index contributed by atoms with van der Waals surface area (Å²) < 4.78 is 16.1. The molecular weight excluding hydrogens is 448 g/mol. The van der Waals surface area contributed by atoms with Crippen molar-refractivity contribution in [2.24, 2.45) is 4.36 Å². The van der Waals surface area contributed by atoms with Crippen LogP contribution < -0.4 is 10.6 Å². The van der Waals surface area contributed by atoms with Crippen LogP contribution in [0.15, 0.2) is 47.0 Å². The van der Waals surface area contributed by atoms with Gasteiger partial charge in [0.25, 0.3) is 0 Å². The zero-order valence-corrected chi connectivity index (χ0v) is 20.2. The van der Waals surface area contributed by atoms with Crippen LogP contribution in [0.2, 0.25) is 0 Å². The van der Waals surface area contributed by atoms with Gasteiger partial charge in [0.2, 0.25) is 5.95 Å². The van der Waals surface area contributed by atoms with E-state index in [2.05, 4.69) is 66.2 Å². The number of hydrogen-bond donors (Lipinski definition) is 2. The Morgan fingerprint density at radius 2 is 2.00 bits per heavy atom. The summed E-state index contributed by atoms with van der Waals surface area (Å²) in [7, 11) is -0.140. The molecule has 1 saturated carbocycles. The van der Waals surface area contributed by atoms with Crippen LogP contribution in [0.3, 0.4) is 0 Å². The van der Waals surface area contributed by atoms with Gasteiger partial charge >= 0.3 is 0 Å². The Morgan fingerprint density at radius 1 is 1.18 bits per heavy atom. The monoisotopic (exact) mass is 474 g/mol. The van der Waals surface area contributed by atoms with Gasteiger partial charge in [-0.3, -0.25) is 4.90 Å². The quantitative estimate of drug-likeness (QED) is 0.568. The molecule has 0 saturated heterocycles. The fourth-order valence-electron chi connectivity index (χ4n) is 4.42. The van der Waals surface area contributed by atoms with Crippen LogP contribution in [0.4, 0.5) is 29.1 Å². The van der Waals surface area contributed by atoms with Gasteiger partial charge in [0.15, 0.2) is 11.6 Å². The maximum Gasteiger partial charge on any atom is 0.229 e. The molecule has 3 heterocycles. The number of likely N-dealkylation sites (N-methyl/N-ethyl adjacent to an activating group) is 1. The lowest BCUT2D eigenvalue weighted by Gasteiger charge is -2.35. The summed E-state index contributed by atoms with van der Waals surface area (Å²) in [5.74, 6) is 1.49. The van der Waals surface area contributed by atoms with Gasteiger partial charge in [-0.05, 0) is 61.7 Å². The Balaban J connectivity index is 1.42. The van der Waals surface area contributed by atoms with E-state index in [1.54, 1.807) is 30.7 Å². The first-order valence-electron chi connectivity index (χ1n) is 11.1. The number of fused-ring (bicyclic) bond motifs is 2. The molecule has 10 heteroatoms. The first-order chi connectivity index (χ1) is 16.3. The number of pyridine rings is 1. The molecule has 34 heavy (non-hydrogen) atoms. The second-order valence-corrected chi connectivity index (χ2v) is 11.6. The molecule has 2 aliphatic rings. The molecule has 1 aliphatic carbocycles. The summed E-state index contributed by atoms with van der Waals surface area (Å²) in [4.78, 5) is 15.7. The van der Waals surface area contributed by atoms with E-state index < -0.39 is 9.73 Å². The first-order valence-corrected chi connectivity index (χ1v) is 13.4. The third-order valence-electron chi connectivity index (χ3n) is 6.24. The van der Waals surface area contributed by atoms with E-state index in [1.807, 2.05) is 0 Å². The number of rotatable bonds is 5. The predicted octanol–water partition coefficient (Wildman–Crippen LogP) is 4.07. The number of anilines is 4. The van der Waals surface area contributed by atoms with Crippen molar-refractivity contribution in [3.63, 3.8) is 0 Å². The minimum atomic E-state index is -2.34. The standard InChI is InChI=1S/C24H26N8OS/c1-32-12-9-16-7-8-18(13-19(16)24(32)10-11-24)27-23-26-15-17(14-25)22(30-23)29-20-5-4-6-21(28-20)31-34(2,3)33/h4-8,13,15H,9-12H2,1-3H3,(H2,26,27,28,29,30). The highest BCUT2D eigenvalue weighted by Crippen LogP contribution is 2.53. The Bertz CT molecular complexity index is 1430. The van der Waals surface area contributed by atoms with Gasteiger partial charge < -0.3 is 10.6 Å². The maximum atomic E-state index is 12.0. The molecule has 1 fully saturated rings. The third-order valence-corrected chi connectivity index (χ3v) is 6.87. The Morgan fingerprint density at radius 3 is 2.74 bits per heavy atom. The van der Waals surface area contributed by atoms with Crippen molar-refractivity contribution >= 4 is 38.8 Å². The number of nitrogens with one attached hydrogen (secondary N) is 2. The predicted molar refractivity (Wildman–Crippen MR) is 133 cm³/mol. The molecule has 5 rings (SSSR count). The minimum Gasteiger partial charge on any atom is -0.324 e. The average molecular weight is 475 g/mol. The molecule has 1 aliphatic heterocycles. The van der Waals surface area contributed by atoms with Crippen molar-refractivity contribution in [3.8, 4) is 6.07 Å². The lowest BCUT2D eigenvalue weighted by atomic mass is 9.90. The summed E-state index contributed by atoms with van der Waals surface area (Å²) in [5, 5.41) is 15.9. The maximum absolute atomic E-state index is 12.0. The zero-order chi connectivity index (χ0) is 23.9. The van der Waals surface area contributed by atoms with Crippen molar-refractivity contribution in [2.75, 3.05) is 36.7 Å². The van der Waals surface area contributed by atoms with Crippen LogP contribution in [-0.2, 0) is 21.7 Å². The number of nitriles is 1. The van der Waals surface area contributed by atoms with Gasteiger partial charge in [-0.15, -0.1) is 0 Å². The second-order valence-electron chi connectivity index (χ2n) is 9.05. The molecule has 9 nitrogen and oxygen atoms in total. The van der Waals surface area contributed by atoms with E-state index in [0.717, 1.165) is 18.7 Å². The smallest absolute Gasteiger partial charge is 0.229 e. The number of benzene rings is 1. The summed E-state index contributed by atoms with van der Waals surface area (Å²) in [5.41, 5.74) is 4.16. The van der Waals surface area contributed by atoms with Gasteiger partial charge in [-0.25, -0.2) is 14.2 Å². The molecule has 1 aromatic carbocycles. The fourth-order valence-corrected chi connectivity index (χ4v) is 4.97. The van der Waals surface area contributed by atoms with Gasteiger partial charge in [0.1, 0.15) is 17.5 Å². The highest BCUT2D eigenvalue weighted by Gasteiger charge is 2.50. The van der Waals surface area contributed by atoms with Gasteiger partial charge in [0.05, 0.1) is 6.20 Å². The largest absolute Gasteiger partial charge is 0.324 e. The minimum absolute atomic E-state index is 0.172. The highest BCUT2D eigenvalue weighted by atomic mass is 32.2. The Kier molecular flexibility index (Phi) is 5.46. The van der Waals surface area contributed by atoms with Crippen LogP contribution in [-0.4, -0.2) is 50.2 Å². The van der Waals surface area contributed by atoms with E-state index in [9.17, 15) is 9.47 Å². The van der Waals surface area contributed by atoms with Crippen molar-refractivity contribution < 1.29 is 4.21 Å². The number of aromatic nitrogens is 3. The zero-order valence-electron chi connectivity index (χ0n) is 19.4. The third kappa shape index (κ3) is 4.44. The van der Waals surface area contributed by atoms with E-state index in [4.69, 9.17) is 0 Å². The van der Waals surface area contributed by atoms with Crippen LogP contribution in [0.25, 0.3) is 0 Å². The lowest BCUT2D eigenvalue weighted by molar-refractivity contribution is 0.208. The normalized spacial score (nSPS) is 16.4. The van der Waals surface area contributed by atoms with E-state index in [1.165, 1.54) is 30.2 Å². The van der Waals surface area contributed by atoms with Gasteiger partial charge in [0, 0.05) is 40.0 Å². The number of nitrogens with zero attached hydrogens (tertiary/aromatic N) is 6. The van der Waals surface area contributed by atoms with Crippen LogP contribution in [0.1, 0.15) is 29.5 Å². The fraction of sp³-hybridized carbons (Fsp3) is 0.333. The summed E-state index contributed by atoms with van der Waals surface area (Å²) in [6.45, 7) is 1.09. The van der Waals surface area contributed by atoms with Crippen molar-refractivity contribution in [1.29, 1.82) is 5.26 Å². The second kappa shape index (κ2) is 8.34. The van der Waals surface area contributed by atoms with Crippen LogP contribution >= 0.6 is 0 Å². The van der Waals surface area contributed by atoms with E-state index >= 15 is 0 Å². The topological polar surface area (TPSA) is 119 Å². The highest BCUT2D eigenvalue weighted by molar-refractivity contribution is 7.92. The molecule has 0 amide bonds. The molecule has 0 bridgehead atoms. The molecule has 0 unspecified atom stereocenters. The summed E-state index contributed by atoms with van der Waals surface area (Å²) in [6, 6.07) is 13.7. The molecule has 2 aromatic heterocycles. The Labute approximate surface area is 199 Å². The summed E-state index contributed by atoms with van der Waals surface area (Å²) >= 11 is 0. The molecule has 3 aromatic rings. The van der Waals surface area contributed by atoms with Gasteiger partial charge in [-0.2, -0.15) is 14.6 Å². The SMILES string of the molecule is CN1CCc2ccc(Nc3ncc(C#N)c(Nc4cccc(N=S(C)(C)=O)n4)n3)cc2C12CC2. The molecule has 0 radical (unpaired) electrons. The molecule has 2 N–H and O–H groups in total. The average Bonchev–Trinajstić information content (AvgIpc) is 3.58. The van der Waals surface area contributed by atoms with Crippen LogP contribution in [0, 0.1) is 11.3 Å².